The van der Waals surface area contributed by atoms with Crippen molar-refractivity contribution in [1.82, 2.24) is 4.98 Å². The number of ether oxygens (including phenoxy) is 3. The first-order chi connectivity index (χ1) is 16.2. The molecule has 0 N–H and O–H groups in total. The predicted molar refractivity (Wildman–Crippen MR) is 111 cm³/mol. The van der Waals surface area contributed by atoms with Crippen LogP contribution in [0.15, 0.2) is 30.5 Å². The number of benzene rings is 1. The lowest BCUT2D eigenvalue weighted by Crippen LogP contribution is -2.30. The predicted octanol–water partition coefficient (Wildman–Crippen LogP) is 3.49. The number of fused-ring (bicyclic) bond motifs is 1. The molecule has 4 atom stereocenters. The maximum absolute atomic E-state index is 12.5. The first kappa shape index (κ1) is 23.4. The van der Waals surface area contributed by atoms with Crippen LogP contribution in [0.5, 0.6) is 5.75 Å². The van der Waals surface area contributed by atoms with Crippen molar-refractivity contribution >= 4 is 17.8 Å². The number of pyridine rings is 1. The smallest absolute Gasteiger partial charge is 0.431 e. The fourth-order valence-corrected chi connectivity index (χ4v) is 4.16. The van der Waals surface area contributed by atoms with Crippen LogP contribution >= 0.6 is 11.6 Å². The van der Waals surface area contributed by atoms with E-state index < -0.39 is 40.7 Å². The summed E-state index contributed by atoms with van der Waals surface area (Å²) in [6.07, 6.45) is -3.72. The van der Waals surface area contributed by atoms with Gasteiger partial charge in [-0.15, -0.1) is 20.2 Å². The fourth-order valence-electron chi connectivity index (χ4n) is 4.03. The first-order valence-corrected chi connectivity index (χ1v) is 10.4. The molecular formula is C20H18ClN3O10. The summed E-state index contributed by atoms with van der Waals surface area (Å²) in [5.41, 5.74) is 2.61. The molecule has 1 fully saturated rings. The van der Waals surface area contributed by atoms with Crippen molar-refractivity contribution in [3.8, 4) is 5.75 Å². The van der Waals surface area contributed by atoms with Crippen LogP contribution in [-0.2, 0) is 25.8 Å². The van der Waals surface area contributed by atoms with Crippen molar-refractivity contribution in [3.05, 3.63) is 78.1 Å². The van der Waals surface area contributed by atoms with E-state index in [9.17, 15) is 25.0 Å². The second-order valence-corrected chi connectivity index (χ2v) is 8.08. The molecule has 1 aliphatic carbocycles. The van der Waals surface area contributed by atoms with E-state index >= 15 is 0 Å². The maximum atomic E-state index is 12.5. The SMILES string of the molecule is Cc1ncc2c(c1OC(=O)OC1C[C@H](O[N+](=O)[O-])[C@H](O[N+](=O)[O-])C1)CO[C@H]2c1ccc(Cl)cc1. The van der Waals surface area contributed by atoms with Crippen molar-refractivity contribution < 1.29 is 38.9 Å². The second kappa shape index (κ2) is 9.65. The van der Waals surface area contributed by atoms with Gasteiger partial charge < -0.3 is 23.9 Å². The quantitative estimate of drug-likeness (QED) is 0.313. The summed E-state index contributed by atoms with van der Waals surface area (Å²) in [6.45, 7) is 1.81. The molecule has 14 heteroatoms. The van der Waals surface area contributed by atoms with Crippen LogP contribution in [0.3, 0.4) is 0 Å². The zero-order valence-corrected chi connectivity index (χ0v) is 18.4. The average molecular weight is 496 g/mol. The third-order valence-corrected chi connectivity index (χ3v) is 5.75. The largest absolute Gasteiger partial charge is 0.514 e. The molecule has 0 bridgehead atoms. The van der Waals surface area contributed by atoms with Crippen molar-refractivity contribution in [2.75, 3.05) is 0 Å². The van der Waals surface area contributed by atoms with Gasteiger partial charge in [0.05, 0.1) is 12.3 Å². The van der Waals surface area contributed by atoms with Crippen molar-refractivity contribution in [2.45, 2.75) is 50.8 Å². The van der Waals surface area contributed by atoms with Gasteiger partial charge in [0.2, 0.25) is 0 Å². The lowest BCUT2D eigenvalue weighted by molar-refractivity contribution is -0.797. The summed E-state index contributed by atoms with van der Waals surface area (Å²) in [5.74, 6) is 0.174. The molecule has 0 amide bonds. The molecule has 1 aromatic carbocycles. The van der Waals surface area contributed by atoms with Gasteiger partial charge in [-0.1, -0.05) is 23.7 Å². The molecule has 1 saturated carbocycles. The van der Waals surface area contributed by atoms with Gasteiger partial charge >= 0.3 is 6.16 Å². The summed E-state index contributed by atoms with van der Waals surface area (Å²) < 4.78 is 16.5. The Morgan fingerprint density at radius 1 is 1.12 bits per heavy atom. The van der Waals surface area contributed by atoms with E-state index in [4.69, 9.17) is 25.8 Å². The molecule has 180 valence electrons. The number of nitrogens with zero attached hydrogens (tertiary/aromatic N) is 3. The molecule has 34 heavy (non-hydrogen) atoms. The van der Waals surface area contributed by atoms with Gasteiger partial charge in [0.1, 0.15) is 24.4 Å². The fraction of sp³-hybridized carbons (Fsp3) is 0.400. The molecule has 13 nitrogen and oxygen atoms in total. The molecule has 1 aromatic heterocycles. The zero-order chi connectivity index (χ0) is 24.4. The minimum absolute atomic E-state index is 0.162. The van der Waals surface area contributed by atoms with Crippen molar-refractivity contribution in [3.63, 3.8) is 0 Å². The topological polar surface area (TPSA) is 162 Å². The first-order valence-electron chi connectivity index (χ1n) is 10.1. The molecular weight excluding hydrogens is 478 g/mol. The van der Waals surface area contributed by atoms with Crippen LogP contribution < -0.4 is 4.74 Å². The van der Waals surface area contributed by atoms with Crippen LogP contribution in [0.25, 0.3) is 0 Å². The van der Waals surface area contributed by atoms with Crippen LogP contribution in [0, 0.1) is 27.2 Å². The van der Waals surface area contributed by atoms with E-state index in [1.807, 2.05) is 12.1 Å². The van der Waals surface area contributed by atoms with Crippen LogP contribution in [0.2, 0.25) is 5.02 Å². The Bertz CT molecular complexity index is 1090. The number of aromatic nitrogens is 1. The number of rotatable bonds is 7. The van der Waals surface area contributed by atoms with Crippen molar-refractivity contribution in [2.24, 2.45) is 0 Å². The molecule has 2 heterocycles. The lowest BCUT2D eigenvalue weighted by atomic mass is 10.0. The van der Waals surface area contributed by atoms with Gasteiger partial charge in [-0.05, 0) is 24.6 Å². The highest BCUT2D eigenvalue weighted by molar-refractivity contribution is 6.30. The summed E-state index contributed by atoms with van der Waals surface area (Å²) >= 11 is 5.95. The van der Waals surface area contributed by atoms with E-state index in [2.05, 4.69) is 14.7 Å². The lowest BCUT2D eigenvalue weighted by Gasteiger charge is -2.15. The normalized spacial score (nSPS) is 23.1. The number of carbonyl (C=O) groups is 1. The van der Waals surface area contributed by atoms with Gasteiger partial charge in [0.15, 0.2) is 5.75 Å². The third kappa shape index (κ3) is 5.10. The Kier molecular flexibility index (Phi) is 6.65. The van der Waals surface area contributed by atoms with Crippen molar-refractivity contribution in [1.29, 1.82) is 0 Å². The van der Waals surface area contributed by atoms with Crippen LogP contribution in [0.4, 0.5) is 4.79 Å². The second-order valence-electron chi connectivity index (χ2n) is 7.65. The molecule has 0 spiro atoms. The third-order valence-electron chi connectivity index (χ3n) is 5.49. The molecule has 0 radical (unpaired) electrons. The maximum Gasteiger partial charge on any atom is 0.514 e. The summed E-state index contributed by atoms with van der Waals surface area (Å²) in [4.78, 5) is 46.9. The van der Waals surface area contributed by atoms with Gasteiger partial charge in [0.25, 0.3) is 10.2 Å². The molecule has 1 unspecified atom stereocenters. The highest BCUT2D eigenvalue weighted by Crippen LogP contribution is 2.41. The molecule has 2 aromatic rings. The Morgan fingerprint density at radius 3 is 2.32 bits per heavy atom. The van der Waals surface area contributed by atoms with Gasteiger partial charge in [-0.3, -0.25) is 4.98 Å². The van der Waals surface area contributed by atoms with Crippen LogP contribution in [-0.4, -0.2) is 39.6 Å². The van der Waals surface area contributed by atoms with Crippen LogP contribution in [0.1, 0.15) is 41.3 Å². The van der Waals surface area contributed by atoms with Gasteiger partial charge in [-0.2, -0.15) is 0 Å². The number of aryl methyl sites for hydroxylation is 1. The summed E-state index contributed by atoms with van der Waals surface area (Å²) in [6, 6.07) is 7.12. The van der Waals surface area contributed by atoms with E-state index in [1.165, 1.54) is 0 Å². The van der Waals surface area contributed by atoms with E-state index in [1.54, 1.807) is 25.3 Å². The van der Waals surface area contributed by atoms with Gasteiger partial charge in [-0.25, -0.2) is 4.79 Å². The summed E-state index contributed by atoms with van der Waals surface area (Å²) in [5, 5.41) is 19.7. The molecule has 0 saturated heterocycles. The standard InChI is InChI=1S/C20H18ClN3O10/c1-10-18(15-9-30-19(14(15)8-22-10)11-2-4-12(21)5-3-11)32-20(25)31-13-6-16(33-23(26)27)17(7-13)34-24(28)29/h2-5,8,13,16-17,19H,6-7,9H2,1H3/t13?,16-,17+,19-/m0/s1. The Morgan fingerprint density at radius 2 is 1.74 bits per heavy atom. The minimum Gasteiger partial charge on any atom is -0.431 e. The van der Waals surface area contributed by atoms with E-state index in [0.717, 1.165) is 11.1 Å². The van der Waals surface area contributed by atoms with E-state index in [0.29, 0.717) is 16.3 Å². The van der Waals surface area contributed by atoms with E-state index in [-0.39, 0.29) is 25.2 Å². The zero-order valence-electron chi connectivity index (χ0n) is 17.6. The number of halogens is 1. The molecule has 2 aliphatic rings. The average Bonchev–Trinajstić information content (AvgIpc) is 3.34. The molecule has 4 rings (SSSR count). The number of hydrogen-bond acceptors (Lipinski definition) is 11. The highest BCUT2D eigenvalue weighted by atomic mass is 35.5. The molecule has 1 aliphatic heterocycles. The number of hydrogen-bond donors (Lipinski definition) is 0. The monoisotopic (exact) mass is 495 g/mol. The summed E-state index contributed by atoms with van der Waals surface area (Å²) in [7, 11) is 0. The number of carbonyl (C=O) groups excluding carboxylic acids is 1. The minimum atomic E-state index is -1.27. The Balaban J connectivity index is 1.46. The highest BCUT2D eigenvalue weighted by Gasteiger charge is 2.42. The Labute approximate surface area is 196 Å². The Hall–Kier alpha value is -3.71. The van der Waals surface area contributed by atoms with Gasteiger partial charge in [0, 0.05) is 35.2 Å².